The monoisotopic (exact) mass is 376 g/mol. The first kappa shape index (κ1) is 20.5. The molecule has 5 nitrogen and oxygen atoms in total. The molecule has 0 saturated heterocycles. The second kappa shape index (κ2) is 10.4. The fourth-order valence-electron chi connectivity index (χ4n) is 2.38. The van der Waals surface area contributed by atoms with E-state index >= 15 is 0 Å². The van der Waals surface area contributed by atoms with Crippen molar-refractivity contribution < 1.29 is 23.7 Å². The van der Waals surface area contributed by atoms with E-state index in [1.165, 1.54) is 6.08 Å². The third-order valence-corrected chi connectivity index (χ3v) is 3.69. The van der Waals surface area contributed by atoms with Crippen LogP contribution in [0.2, 0.25) is 0 Å². The lowest BCUT2D eigenvalue weighted by Gasteiger charge is -2.10. The van der Waals surface area contributed by atoms with Crippen molar-refractivity contribution >= 4 is 11.9 Å². The first-order valence-electron chi connectivity index (χ1n) is 8.34. The van der Waals surface area contributed by atoms with Crippen molar-refractivity contribution in [2.24, 2.45) is 0 Å². The van der Waals surface area contributed by atoms with Gasteiger partial charge in [-0.25, -0.2) is 0 Å². The van der Waals surface area contributed by atoms with Crippen molar-refractivity contribution in [2.45, 2.75) is 0 Å². The second-order valence-corrected chi connectivity index (χ2v) is 5.46. The van der Waals surface area contributed by atoms with E-state index in [-0.39, 0.29) is 19.0 Å². The van der Waals surface area contributed by atoms with Crippen molar-refractivity contribution in [1.82, 2.24) is 0 Å². The fraction of sp³-hybridized carbons (Fsp3) is 0.174. The summed E-state index contributed by atoms with van der Waals surface area (Å²) in [6.07, 6.45) is 13.6. The van der Waals surface area contributed by atoms with Crippen LogP contribution < -0.4 is 18.9 Å². The maximum Gasteiger partial charge on any atom is 0.189 e. The number of benzene rings is 2. The van der Waals surface area contributed by atoms with E-state index in [9.17, 15) is 4.79 Å². The zero-order valence-electron chi connectivity index (χ0n) is 15.7. The molecule has 0 radical (unpaired) electrons. The molecule has 2 rings (SSSR count). The number of carbonyl (C=O) groups is 1. The number of methoxy groups -OCH3 is 2. The van der Waals surface area contributed by atoms with Gasteiger partial charge in [-0.2, -0.15) is 0 Å². The number of allylic oxidation sites excluding steroid dienone is 1. The van der Waals surface area contributed by atoms with Gasteiger partial charge < -0.3 is 18.9 Å². The number of terminal acetylenes is 2. The molecule has 0 aliphatic rings. The molecule has 0 spiro atoms. The first-order chi connectivity index (χ1) is 13.6. The lowest BCUT2D eigenvalue weighted by atomic mass is 10.1. The average Bonchev–Trinajstić information content (AvgIpc) is 2.74. The third-order valence-electron chi connectivity index (χ3n) is 3.69. The second-order valence-electron chi connectivity index (χ2n) is 5.46. The van der Waals surface area contributed by atoms with E-state index in [0.717, 1.165) is 5.56 Å². The predicted molar refractivity (Wildman–Crippen MR) is 108 cm³/mol. The Morgan fingerprint density at radius 1 is 0.929 bits per heavy atom. The summed E-state index contributed by atoms with van der Waals surface area (Å²) in [7, 11) is 3.11. The van der Waals surface area contributed by atoms with Gasteiger partial charge >= 0.3 is 0 Å². The molecule has 0 N–H and O–H groups in total. The summed E-state index contributed by atoms with van der Waals surface area (Å²) in [4.78, 5) is 12.7. The summed E-state index contributed by atoms with van der Waals surface area (Å²) >= 11 is 0. The Morgan fingerprint density at radius 2 is 1.64 bits per heavy atom. The molecule has 0 saturated carbocycles. The van der Waals surface area contributed by atoms with Gasteiger partial charge in [-0.1, -0.05) is 24.0 Å². The third kappa shape index (κ3) is 5.33. The van der Waals surface area contributed by atoms with Crippen molar-refractivity contribution in [3.05, 3.63) is 53.6 Å². The Kier molecular flexibility index (Phi) is 7.57. The number of ether oxygens (including phenoxy) is 4. The van der Waals surface area contributed by atoms with E-state index in [1.807, 2.05) is 6.07 Å². The molecule has 0 atom stereocenters. The average molecular weight is 376 g/mol. The molecule has 0 aliphatic heterocycles. The van der Waals surface area contributed by atoms with Crippen LogP contribution in [0, 0.1) is 24.7 Å². The largest absolute Gasteiger partial charge is 0.493 e. The van der Waals surface area contributed by atoms with Crippen LogP contribution in [-0.4, -0.2) is 33.2 Å². The molecule has 2 aromatic rings. The molecule has 142 valence electrons. The van der Waals surface area contributed by atoms with Crippen LogP contribution in [0.15, 0.2) is 42.5 Å². The van der Waals surface area contributed by atoms with Gasteiger partial charge in [0.25, 0.3) is 0 Å². The topological polar surface area (TPSA) is 54.0 Å². The number of rotatable bonds is 9. The van der Waals surface area contributed by atoms with Gasteiger partial charge in [-0.05, 0) is 35.9 Å². The Bertz CT molecular complexity index is 944. The van der Waals surface area contributed by atoms with Crippen LogP contribution in [0.4, 0.5) is 0 Å². The molecule has 0 aliphatic carbocycles. The molecule has 0 fully saturated rings. The standard InChI is InChI=1S/C23H20O5/c1-5-13-27-18-9-10-19(22(16-18)28-14-6-2)20(24)11-7-17-8-12-21(25-3)23(15-17)26-4/h1-2,7-12,15-16H,13-14H2,3-4H3/b11-7+. The Balaban J connectivity index is 2.26. The first-order valence-corrected chi connectivity index (χ1v) is 8.34. The SMILES string of the molecule is C#CCOc1ccc(C(=O)/C=C/c2ccc(OC)c(OC)c2)c(OCC#C)c1. The minimum absolute atomic E-state index is 0.0261. The molecular weight excluding hydrogens is 356 g/mol. The van der Waals surface area contributed by atoms with Gasteiger partial charge in [0.1, 0.15) is 24.7 Å². The van der Waals surface area contributed by atoms with Gasteiger partial charge in [0.05, 0.1) is 19.8 Å². The molecule has 2 aromatic carbocycles. The Hall–Kier alpha value is -3.83. The van der Waals surface area contributed by atoms with Crippen LogP contribution in [0.25, 0.3) is 6.08 Å². The van der Waals surface area contributed by atoms with Crippen LogP contribution >= 0.6 is 0 Å². The highest BCUT2D eigenvalue weighted by molar-refractivity contribution is 6.08. The van der Waals surface area contributed by atoms with E-state index in [0.29, 0.717) is 28.6 Å². The number of ketones is 1. The minimum Gasteiger partial charge on any atom is -0.493 e. The van der Waals surface area contributed by atoms with Crippen molar-refractivity contribution in [1.29, 1.82) is 0 Å². The number of hydrogen-bond donors (Lipinski definition) is 0. The van der Waals surface area contributed by atoms with Crippen molar-refractivity contribution in [2.75, 3.05) is 27.4 Å². The maximum atomic E-state index is 12.7. The van der Waals surface area contributed by atoms with Gasteiger partial charge in [0, 0.05) is 6.07 Å². The van der Waals surface area contributed by atoms with Crippen LogP contribution in [0.1, 0.15) is 15.9 Å². The van der Waals surface area contributed by atoms with Gasteiger partial charge in [-0.3, -0.25) is 4.79 Å². The summed E-state index contributed by atoms with van der Waals surface area (Å²) in [5.41, 5.74) is 1.14. The van der Waals surface area contributed by atoms with Gasteiger partial charge in [0.2, 0.25) is 0 Å². The predicted octanol–water partition coefficient (Wildman–Crippen LogP) is 3.62. The zero-order chi connectivity index (χ0) is 20.4. The van der Waals surface area contributed by atoms with E-state index < -0.39 is 0 Å². The van der Waals surface area contributed by atoms with Gasteiger partial charge in [0.15, 0.2) is 17.3 Å². The van der Waals surface area contributed by atoms with E-state index in [2.05, 4.69) is 11.8 Å². The number of hydrogen-bond acceptors (Lipinski definition) is 5. The van der Waals surface area contributed by atoms with Crippen LogP contribution in [0.3, 0.4) is 0 Å². The van der Waals surface area contributed by atoms with Crippen LogP contribution in [0.5, 0.6) is 23.0 Å². The summed E-state index contributed by atoms with van der Waals surface area (Å²) in [5.74, 6) is 6.51. The van der Waals surface area contributed by atoms with Crippen LogP contribution in [-0.2, 0) is 0 Å². The molecule has 28 heavy (non-hydrogen) atoms. The molecule has 0 unspecified atom stereocenters. The highest BCUT2D eigenvalue weighted by atomic mass is 16.5. The summed E-state index contributed by atoms with van der Waals surface area (Å²) < 4.78 is 21.3. The Labute approximate surface area is 164 Å². The molecule has 0 amide bonds. The molecular formula is C23H20O5. The number of carbonyl (C=O) groups excluding carboxylic acids is 1. The molecule has 5 heteroatoms. The minimum atomic E-state index is -0.245. The van der Waals surface area contributed by atoms with Gasteiger partial charge in [-0.15, -0.1) is 12.8 Å². The maximum absolute atomic E-state index is 12.7. The smallest absolute Gasteiger partial charge is 0.189 e. The van der Waals surface area contributed by atoms with Crippen molar-refractivity contribution in [3.8, 4) is 47.7 Å². The zero-order valence-corrected chi connectivity index (χ0v) is 15.7. The summed E-state index contributed by atoms with van der Waals surface area (Å²) in [6.45, 7) is 0.138. The lowest BCUT2D eigenvalue weighted by Crippen LogP contribution is -2.03. The highest BCUT2D eigenvalue weighted by Gasteiger charge is 2.12. The summed E-state index contributed by atoms with van der Waals surface area (Å²) in [5, 5.41) is 0. The quantitative estimate of drug-likeness (QED) is 0.380. The summed E-state index contributed by atoms with van der Waals surface area (Å²) in [6, 6.07) is 10.2. The molecule has 0 heterocycles. The highest BCUT2D eigenvalue weighted by Crippen LogP contribution is 2.29. The molecule has 0 aromatic heterocycles. The fourth-order valence-corrected chi connectivity index (χ4v) is 2.38. The molecule has 0 bridgehead atoms. The Morgan fingerprint density at radius 3 is 2.32 bits per heavy atom. The van der Waals surface area contributed by atoms with Crippen molar-refractivity contribution in [3.63, 3.8) is 0 Å². The lowest BCUT2D eigenvalue weighted by molar-refractivity contribution is 0.104. The van der Waals surface area contributed by atoms with E-state index in [4.69, 9.17) is 31.8 Å². The van der Waals surface area contributed by atoms with E-state index in [1.54, 1.807) is 50.6 Å². The normalized spacial score (nSPS) is 10.0.